The average molecular weight is 231 g/mol. The molecule has 0 aliphatic heterocycles. The summed E-state index contributed by atoms with van der Waals surface area (Å²) in [5.41, 5.74) is 7.97. The van der Waals surface area contributed by atoms with Crippen LogP contribution >= 0.6 is 0 Å². The lowest BCUT2D eigenvalue weighted by atomic mass is 10.2. The van der Waals surface area contributed by atoms with Crippen molar-refractivity contribution in [3.05, 3.63) is 53.5 Å². The van der Waals surface area contributed by atoms with E-state index in [4.69, 9.17) is 5.73 Å². The maximum Gasteiger partial charge on any atom is 0.149 e. The molecule has 0 radical (unpaired) electrons. The van der Waals surface area contributed by atoms with E-state index >= 15 is 0 Å². The van der Waals surface area contributed by atoms with Crippen LogP contribution in [0.5, 0.6) is 0 Å². The Morgan fingerprint density at radius 1 is 1.35 bits per heavy atom. The van der Waals surface area contributed by atoms with Crippen molar-refractivity contribution in [3.8, 4) is 0 Å². The zero-order chi connectivity index (χ0) is 12.3. The molecule has 1 aromatic carbocycles. The summed E-state index contributed by atoms with van der Waals surface area (Å²) in [5.74, 6) is 0.351. The number of hydrogen-bond acceptors (Lipinski definition) is 3. The molecule has 2 aromatic rings. The summed E-state index contributed by atoms with van der Waals surface area (Å²) in [6.07, 6.45) is 1.72. The van der Waals surface area contributed by atoms with Crippen LogP contribution in [0.25, 0.3) is 0 Å². The molecule has 1 aromatic heterocycles. The molecule has 0 amide bonds. The van der Waals surface area contributed by atoms with E-state index in [-0.39, 0.29) is 5.82 Å². The lowest BCUT2D eigenvalue weighted by Crippen LogP contribution is -2.06. The van der Waals surface area contributed by atoms with Gasteiger partial charge in [-0.15, -0.1) is 0 Å². The van der Waals surface area contributed by atoms with Gasteiger partial charge >= 0.3 is 0 Å². The van der Waals surface area contributed by atoms with Crippen molar-refractivity contribution in [1.29, 1.82) is 0 Å². The van der Waals surface area contributed by atoms with E-state index in [1.807, 2.05) is 13.0 Å². The molecule has 3 nitrogen and oxygen atoms in total. The number of halogens is 1. The van der Waals surface area contributed by atoms with E-state index in [1.54, 1.807) is 24.4 Å². The lowest BCUT2D eigenvalue weighted by molar-refractivity contribution is 0.613. The van der Waals surface area contributed by atoms with Crippen LogP contribution in [0.4, 0.5) is 15.9 Å². The third-order valence-electron chi connectivity index (χ3n) is 2.46. The van der Waals surface area contributed by atoms with Gasteiger partial charge in [0.15, 0.2) is 0 Å². The van der Waals surface area contributed by atoms with Gasteiger partial charge in [-0.2, -0.15) is 0 Å². The van der Waals surface area contributed by atoms with Crippen molar-refractivity contribution in [2.75, 3.05) is 11.1 Å². The van der Waals surface area contributed by atoms with E-state index in [0.29, 0.717) is 23.6 Å². The van der Waals surface area contributed by atoms with Crippen LogP contribution in [0.15, 0.2) is 36.5 Å². The molecule has 4 heteroatoms. The first-order valence-electron chi connectivity index (χ1n) is 5.36. The van der Waals surface area contributed by atoms with Crippen molar-refractivity contribution < 1.29 is 4.39 Å². The van der Waals surface area contributed by atoms with E-state index in [2.05, 4.69) is 10.3 Å². The molecule has 0 saturated heterocycles. The number of nitrogens with two attached hydrogens (primary N) is 1. The third kappa shape index (κ3) is 2.72. The summed E-state index contributed by atoms with van der Waals surface area (Å²) in [7, 11) is 0. The highest BCUT2D eigenvalue weighted by atomic mass is 19.1. The first-order chi connectivity index (χ1) is 8.16. The number of anilines is 2. The molecule has 0 spiro atoms. The topological polar surface area (TPSA) is 50.9 Å². The van der Waals surface area contributed by atoms with Crippen molar-refractivity contribution in [3.63, 3.8) is 0 Å². The second kappa shape index (κ2) is 4.82. The van der Waals surface area contributed by atoms with E-state index in [0.717, 1.165) is 5.56 Å². The maximum absolute atomic E-state index is 13.4. The van der Waals surface area contributed by atoms with Crippen LogP contribution in [-0.4, -0.2) is 4.98 Å². The molecule has 3 N–H and O–H groups in total. The van der Waals surface area contributed by atoms with Crippen LogP contribution in [0.2, 0.25) is 0 Å². The molecule has 0 saturated carbocycles. The summed E-state index contributed by atoms with van der Waals surface area (Å²) in [6.45, 7) is 2.29. The Labute approximate surface area is 99.5 Å². The smallest absolute Gasteiger partial charge is 0.149 e. The normalized spacial score (nSPS) is 10.2. The largest absolute Gasteiger partial charge is 0.396 e. The second-order valence-corrected chi connectivity index (χ2v) is 3.90. The predicted octanol–water partition coefficient (Wildman–Crippen LogP) is 2.72. The molecule has 0 bridgehead atoms. The molecule has 0 aliphatic carbocycles. The van der Waals surface area contributed by atoms with Gasteiger partial charge in [-0.25, -0.2) is 9.37 Å². The summed E-state index contributed by atoms with van der Waals surface area (Å²) in [5, 5.41) is 3.02. The quantitative estimate of drug-likeness (QED) is 0.854. The van der Waals surface area contributed by atoms with Gasteiger partial charge in [-0.3, -0.25) is 0 Å². The van der Waals surface area contributed by atoms with Gasteiger partial charge in [-0.1, -0.05) is 18.2 Å². The monoisotopic (exact) mass is 231 g/mol. The zero-order valence-corrected chi connectivity index (χ0v) is 9.57. The zero-order valence-electron chi connectivity index (χ0n) is 9.57. The summed E-state index contributed by atoms with van der Waals surface area (Å²) < 4.78 is 13.4. The van der Waals surface area contributed by atoms with Crippen LogP contribution in [0.1, 0.15) is 11.1 Å². The standard InChI is InChI=1S/C13H14FN3/c1-9-6-12(15)13(16-7-9)17-8-10-4-2-3-5-11(10)14/h2-7H,8,15H2,1H3,(H,16,17). The Morgan fingerprint density at radius 2 is 2.12 bits per heavy atom. The van der Waals surface area contributed by atoms with Crippen LogP contribution in [-0.2, 0) is 6.54 Å². The predicted molar refractivity (Wildman–Crippen MR) is 67.1 cm³/mol. The minimum absolute atomic E-state index is 0.231. The fourth-order valence-electron chi connectivity index (χ4n) is 1.56. The molecule has 0 fully saturated rings. The van der Waals surface area contributed by atoms with Gasteiger partial charge in [0.1, 0.15) is 11.6 Å². The Hall–Kier alpha value is -2.10. The van der Waals surface area contributed by atoms with E-state index < -0.39 is 0 Å². The maximum atomic E-state index is 13.4. The minimum atomic E-state index is -0.231. The van der Waals surface area contributed by atoms with Gasteiger partial charge in [-0.05, 0) is 24.6 Å². The Balaban J connectivity index is 2.10. The molecular weight excluding hydrogens is 217 g/mol. The molecule has 1 heterocycles. The van der Waals surface area contributed by atoms with Gasteiger partial charge in [0, 0.05) is 18.3 Å². The Bertz CT molecular complexity index is 526. The van der Waals surface area contributed by atoms with Crippen molar-refractivity contribution >= 4 is 11.5 Å². The van der Waals surface area contributed by atoms with Crippen LogP contribution in [0, 0.1) is 12.7 Å². The highest BCUT2D eigenvalue weighted by Gasteiger charge is 2.03. The van der Waals surface area contributed by atoms with E-state index in [9.17, 15) is 4.39 Å². The second-order valence-electron chi connectivity index (χ2n) is 3.90. The molecule has 17 heavy (non-hydrogen) atoms. The molecule has 0 unspecified atom stereocenters. The number of rotatable bonds is 3. The van der Waals surface area contributed by atoms with Gasteiger partial charge in [0.05, 0.1) is 5.69 Å². The highest BCUT2D eigenvalue weighted by molar-refractivity contribution is 5.61. The van der Waals surface area contributed by atoms with Gasteiger partial charge in [0.2, 0.25) is 0 Å². The number of nitrogens with one attached hydrogen (secondary N) is 1. The lowest BCUT2D eigenvalue weighted by Gasteiger charge is -2.09. The average Bonchev–Trinajstić information content (AvgIpc) is 2.30. The van der Waals surface area contributed by atoms with Crippen molar-refractivity contribution in [1.82, 2.24) is 4.98 Å². The summed E-state index contributed by atoms with van der Waals surface area (Å²) in [6, 6.07) is 8.45. The molecule has 0 aliphatic rings. The highest BCUT2D eigenvalue weighted by Crippen LogP contribution is 2.17. The molecule has 2 rings (SSSR count). The van der Waals surface area contributed by atoms with Crippen LogP contribution < -0.4 is 11.1 Å². The SMILES string of the molecule is Cc1cnc(NCc2ccccc2F)c(N)c1. The molecule has 0 atom stereocenters. The number of aryl methyl sites for hydroxylation is 1. The number of hydrogen-bond donors (Lipinski definition) is 2. The number of aromatic nitrogens is 1. The minimum Gasteiger partial charge on any atom is -0.396 e. The molecular formula is C13H14FN3. The Kier molecular flexibility index (Phi) is 3.23. The van der Waals surface area contributed by atoms with Gasteiger partial charge < -0.3 is 11.1 Å². The third-order valence-corrected chi connectivity index (χ3v) is 2.46. The van der Waals surface area contributed by atoms with Crippen molar-refractivity contribution in [2.45, 2.75) is 13.5 Å². The number of nitrogen functional groups attached to an aromatic ring is 1. The molecule has 88 valence electrons. The summed E-state index contributed by atoms with van der Waals surface area (Å²) >= 11 is 0. The van der Waals surface area contributed by atoms with Gasteiger partial charge in [0.25, 0.3) is 0 Å². The Morgan fingerprint density at radius 3 is 2.82 bits per heavy atom. The fourth-order valence-corrected chi connectivity index (χ4v) is 1.56. The number of nitrogens with zero attached hydrogens (tertiary/aromatic N) is 1. The summed E-state index contributed by atoms with van der Waals surface area (Å²) in [4.78, 5) is 4.16. The van der Waals surface area contributed by atoms with E-state index in [1.165, 1.54) is 6.07 Å². The number of pyridine rings is 1. The fraction of sp³-hybridized carbons (Fsp3) is 0.154. The number of benzene rings is 1. The van der Waals surface area contributed by atoms with Crippen LogP contribution in [0.3, 0.4) is 0 Å². The first kappa shape index (κ1) is 11.4. The first-order valence-corrected chi connectivity index (χ1v) is 5.36. The van der Waals surface area contributed by atoms with Crippen molar-refractivity contribution in [2.24, 2.45) is 0 Å².